The Balaban J connectivity index is 2.12. The molecule has 7 heteroatoms. The van der Waals surface area contributed by atoms with E-state index in [4.69, 9.17) is 9.47 Å². The van der Waals surface area contributed by atoms with Crippen molar-refractivity contribution in [2.75, 3.05) is 13.2 Å². The van der Waals surface area contributed by atoms with E-state index in [0.29, 0.717) is 10.5 Å². The highest BCUT2D eigenvalue weighted by Gasteiger charge is 2.56. The van der Waals surface area contributed by atoms with Gasteiger partial charge in [0.05, 0.1) is 0 Å². The van der Waals surface area contributed by atoms with Crippen LogP contribution in [-0.4, -0.2) is 46.6 Å². The molecule has 0 saturated carbocycles. The normalized spacial score (nSPS) is 23.4. The number of amides is 1. The van der Waals surface area contributed by atoms with E-state index in [1.54, 1.807) is 45.0 Å². The summed E-state index contributed by atoms with van der Waals surface area (Å²) >= 11 is 0. The van der Waals surface area contributed by atoms with Crippen molar-refractivity contribution in [2.45, 2.75) is 45.2 Å². The van der Waals surface area contributed by atoms with E-state index in [-0.39, 0.29) is 26.2 Å². The summed E-state index contributed by atoms with van der Waals surface area (Å²) in [6, 6.07) is 8.86. The molecule has 1 aliphatic heterocycles. The number of rotatable bonds is 4. The highest BCUT2D eigenvalue weighted by molar-refractivity contribution is 5.85. The van der Waals surface area contributed by atoms with Gasteiger partial charge in [-0.2, -0.15) is 0 Å². The number of aliphatic hydroxyl groups excluding tert-OH is 1. The summed E-state index contributed by atoms with van der Waals surface area (Å²) in [7, 11) is 0. The minimum atomic E-state index is -2.65. The molecule has 0 spiro atoms. The maximum Gasteiger partial charge on any atom is 0.413 e. The van der Waals surface area contributed by atoms with Gasteiger partial charge >= 0.3 is 12.1 Å². The molecule has 0 aliphatic carbocycles. The second kappa shape index (κ2) is 7.39. The van der Waals surface area contributed by atoms with Gasteiger partial charge in [0.2, 0.25) is 0 Å². The van der Waals surface area contributed by atoms with Gasteiger partial charge < -0.3 is 14.6 Å². The maximum atomic E-state index is 15.4. The highest BCUT2D eigenvalue weighted by atomic mass is 19.1. The smallest absolute Gasteiger partial charge is 0.413 e. The quantitative estimate of drug-likeness (QED) is 0.665. The van der Waals surface area contributed by atoms with Crippen molar-refractivity contribution in [2.24, 2.45) is 5.92 Å². The first-order valence-corrected chi connectivity index (χ1v) is 8.17. The molecule has 1 aliphatic rings. The summed E-state index contributed by atoms with van der Waals surface area (Å²) in [6.07, 6.45) is -1.27. The Morgan fingerprint density at radius 1 is 1.32 bits per heavy atom. The first-order valence-electron chi connectivity index (χ1n) is 8.17. The Morgan fingerprint density at radius 2 is 1.96 bits per heavy atom. The van der Waals surface area contributed by atoms with Gasteiger partial charge in [-0.1, -0.05) is 30.3 Å². The van der Waals surface area contributed by atoms with Crippen LogP contribution in [0.1, 0.15) is 32.8 Å². The number of halogens is 1. The fourth-order valence-corrected chi connectivity index (χ4v) is 2.65. The lowest BCUT2D eigenvalue weighted by Gasteiger charge is -2.31. The third kappa shape index (κ3) is 4.69. The van der Waals surface area contributed by atoms with Crippen molar-refractivity contribution >= 4 is 12.1 Å². The number of likely N-dealkylation sites (tertiary alicyclic amines) is 1. The van der Waals surface area contributed by atoms with Crippen LogP contribution in [0.25, 0.3) is 0 Å². The summed E-state index contributed by atoms with van der Waals surface area (Å²) in [4.78, 5) is 25.4. The molecule has 2 unspecified atom stereocenters. The molecule has 2 atom stereocenters. The van der Waals surface area contributed by atoms with Crippen molar-refractivity contribution in [3.63, 3.8) is 0 Å². The van der Waals surface area contributed by atoms with Gasteiger partial charge in [0.15, 0.2) is 0 Å². The predicted octanol–water partition coefficient (Wildman–Crippen LogP) is 2.64. The minimum Gasteiger partial charge on any atom is -0.457 e. The SMILES string of the molecule is CC(C)(C)OC(=O)N1CC(CO)CC1(F)C(=O)OCc1ccccc1. The molecule has 0 radical (unpaired) electrons. The molecule has 1 aromatic carbocycles. The van der Waals surface area contributed by atoms with Crippen LogP contribution in [0.5, 0.6) is 0 Å². The van der Waals surface area contributed by atoms with Crippen LogP contribution in [0.15, 0.2) is 30.3 Å². The summed E-state index contributed by atoms with van der Waals surface area (Å²) in [6.45, 7) is 4.41. The van der Waals surface area contributed by atoms with E-state index in [1.807, 2.05) is 6.07 Å². The minimum absolute atomic E-state index is 0.0999. The van der Waals surface area contributed by atoms with Crippen molar-refractivity contribution in [1.82, 2.24) is 4.90 Å². The number of carbonyl (C=O) groups is 2. The van der Waals surface area contributed by atoms with Gasteiger partial charge in [-0.15, -0.1) is 0 Å². The van der Waals surface area contributed by atoms with Crippen LogP contribution in [0.2, 0.25) is 0 Å². The molecule has 6 nitrogen and oxygen atoms in total. The second-order valence-electron chi connectivity index (χ2n) is 7.16. The number of esters is 1. The van der Waals surface area contributed by atoms with Crippen molar-refractivity contribution in [1.29, 1.82) is 0 Å². The van der Waals surface area contributed by atoms with Crippen molar-refractivity contribution in [3.05, 3.63) is 35.9 Å². The molecular formula is C18H24FNO5. The number of hydrogen-bond acceptors (Lipinski definition) is 5. The summed E-state index contributed by atoms with van der Waals surface area (Å²) in [5, 5.41) is 9.32. The van der Waals surface area contributed by atoms with Gasteiger partial charge in [-0.25, -0.2) is 14.0 Å². The van der Waals surface area contributed by atoms with E-state index < -0.39 is 29.4 Å². The van der Waals surface area contributed by atoms with Gasteiger partial charge in [0.25, 0.3) is 5.79 Å². The average Bonchev–Trinajstić information content (AvgIpc) is 2.90. The van der Waals surface area contributed by atoms with Crippen LogP contribution in [-0.2, 0) is 20.9 Å². The van der Waals surface area contributed by atoms with E-state index in [0.717, 1.165) is 0 Å². The lowest BCUT2D eigenvalue weighted by Crippen LogP contribution is -2.51. The first-order chi connectivity index (χ1) is 11.7. The van der Waals surface area contributed by atoms with Gasteiger partial charge in [0.1, 0.15) is 12.2 Å². The second-order valence-corrected chi connectivity index (χ2v) is 7.16. The molecule has 1 N–H and O–H groups in total. The van der Waals surface area contributed by atoms with Crippen LogP contribution in [0.3, 0.4) is 0 Å². The molecule has 138 valence electrons. The van der Waals surface area contributed by atoms with Crippen LogP contribution in [0, 0.1) is 5.92 Å². The third-order valence-electron chi connectivity index (χ3n) is 3.83. The zero-order chi connectivity index (χ0) is 18.7. The molecule has 1 saturated heterocycles. The molecular weight excluding hydrogens is 329 g/mol. The number of benzene rings is 1. The molecule has 0 bridgehead atoms. The van der Waals surface area contributed by atoms with Crippen LogP contribution >= 0.6 is 0 Å². The monoisotopic (exact) mass is 353 g/mol. The van der Waals surface area contributed by atoms with Gasteiger partial charge in [-0.3, -0.25) is 4.90 Å². The number of ether oxygens (including phenoxy) is 2. The van der Waals surface area contributed by atoms with Crippen LogP contribution < -0.4 is 0 Å². The summed E-state index contributed by atoms with van der Waals surface area (Å²) in [5.41, 5.74) is -0.122. The Labute approximate surface area is 146 Å². The number of aliphatic hydroxyl groups is 1. The Hall–Kier alpha value is -2.15. The molecule has 1 amide bonds. The van der Waals surface area contributed by atoms with E-state index >= 15 is 4.39 Å². The Morgan fingerprint density at radius 3 is 2.52 bits per heavy atom. The van der Waals surface area contributed by atoms with Crippen LogP contribution in [0.4, 0.5) is 9.18 Å². The molecule has 1 aromatic rings. The van der Waals surface area contributed by atoms with E-state index in [2.05, 4.69) is 0 Å². The Kier molecular flexibility index (Phi) is 5.67. The highest BCUT2D eigenvalue weighted by Crippen LogP contribution is 2.37. The first kappa shape index (κ1) is 19.2. The lowest BCUT2D eigenvalue weighted by atomic mass is 10.1. The topological polar surface area (TPSA) is 76.1 Å². The average molecular weight is 353 g/mol. The van der Waals surface area contributed by atoms with Crippen molar-refractivity contribution in [3.8, 4) is 0 Å². The zero-order valence-electron chi connectivity index (χ0n) is 14.7. The standard InChI is InChI=1S/C18H24FNO5/c1-17(2,3)25-16(23)20-10-14(11-21)9-18(20,19)15(22)24-12-13-7-5-4-6-8-13/h4-8,14,21H,9-12H2,1-3H3. The number of hydrogen-bond donors (Lipinski definition) is 1. The fraction of sp³-hybridized carbons (Fsp3) is 0.556. The van der Waals surface area contributed by atoms with E-state index in [1.165, 1.54) is 0 Å². The van der Waals surface area contributed by atoms with Crippen molar-refractivity contribution < 1.29 is 28.6 Å². The molecule has 25 heavy (non-hydrogen) atoms. The number of alkyl halides is 1. The number of nitrogens with zero attached hydrogens (tertiary/aromatic N) is 1. The zero-order valence-corrected chi connectivity index (χ0v) is 14.7. The number of carbonyl (C=O) groups excluding carboxylic acids is 2. The lowest BCUT2D eigenvalue weighted by molar-refractivity contribution is -0.170. The summed E-state index contributed by atoms with van der Waals surface area (Å²) < 4.78 is 25.6. The molecule has 1 heterocycles. The Bertz CT molecular complexity index is 616. The van der Waals surface area contributed by atoms with Gasteiger partial charge in [-0.05, 0) is 26.3 Å². The largest absolute Gasteiger partial charge is 0.457 e. The maximum absolute atomic E-state index is 15.4. The molecule has 2 rings (SSSR count). The third-order valence-corrected chi connectivity index (χ3v) is 3.83. The van der Waals surface area contributed by atoms with Gasteiger partial charge in [0, 0.05) is 25.5 Å². The summed E-state index contributed by atoms with van der Waals surface area (Å²) in [5.74, 6) is -4.36. The van der Waals surface area contributed by atoms with E-state index in [9.17, 15) is 14.7 Å². The predicted molar refractivity (Wildman–Crippen MR) is 88.2 cm³/mol. The molecule has 1 fully saturated rings. The molecule has 0 aromatic heterocycles. The fourth-order valence-electron chi connectivity index (χ4n) is 2.65.